The molecule has 1 heterocycles. The Morgan fingerprint density at radius 1 is 1.50 bits per heavy atom. The molecule has 0 fully saturated rings. The summed E-state index contributed by atoms with van der Waals surface area (Å²) in [6, 6.07) is 7.13. The molecule has 1 aliphatic rings. The molecular formula is C11H10BrNO3. The number of hydrogen-bond donors (Lipinski definition) is 0. The number of oxime groups is 1. The Hall–Kier alpha value is -1.36. The van der Waals surface area contributed by atoms with Gasteiger partial charge in [-0.05, 0) is 33.6 Å². The van der Waals surface area contributed by atoms with Crippen LogP contribution in [0.15, 0.2) is 29.4 Å². The fraction of sp³-hybridized carbons (Fsp3) is 0.273. The first-order chi connectivity index (χ1) is 7.70. The molecule has 0 radical (unpaired) electrons. The summed E-state index contributed by atoms with van der Waals surface area (Å²) in [7, 11) is 1.36. The van der Waals surface area contributed by atoms with E-state index in [-0.39, 0.29) is 12.1 Å². The number of carbonyl (C=O) groups excluding carboxylic acids is 1. The van der Waals surface area contributed by atoms with Gasteiger partial charge in [0.05, 0.1) is 12.7 Å². The summed E-state index contributed by atoms with van der Waals surface area (Å²) >= 11 is 3.28. The maximum absolute atomic E-state index is 11.2. The van der Waals surface area contributed by atoms with Crippen molar-refractivity contribution in [3.8, 4) is 0 Å². The summed E-state index contributed by atoms with van der Waals surface area (Å²) < 4.78 is 5.42. The molecule has 84 valence electrons. The van der Waals surface area contributed by atoms with E-state index in [1.54, 1.807) is 12.1 Å². The highest BCUT2D eigenvalue weighted by Crippen LogP contribution is 2.28. The zero-order valence-electron chi connectivity index (χ0n) is 8.64. The molecule has 0 saturated carbocycles. The number of ether oxygens (including phenoxy) is 1. The molecule has 1 aliphatic heterocycles. The summed E-state index contributed by atoms with van der Waals surface area (Å²) in [5.41, 5.74) is 1.52. The molecule has 5 heteroatoms. The van der Waals surface area contributed by atoms with Crippen molar-refractivity contribution >= 4 is 26.5 Å². The second-order valence-electron chi connectivity index (χ2n) is 3.38. The van der Waals surface area contributed by atoms with Crippen LogP contribution in [0.3, 0.4) is 0 Å². The van der Waals surface area contributed by atoms with Crippen LogP contribution in [0.2, 0.25) is 0 Å². The summed E-state index contributed by atoms with van der Waals surface area (Å²) in [6.45, 7) is 0. The summed E-state index contributed by atoms with van der Waals surface area (Å²) in [5.74, 6) is -0.337. The van der Waals surface area contributed by atoms with Crippen LogP contribution >= 0.6 is 15.9 Å². The number of rotatable bonds is 2. The highest BCUT2D eigenvalue weighted by atomic mass is 79.9. The van der Waals surface area contributed by atoms with Gasteiger partial charge in [0, 0.05) is 6.42 Å². The van der Waals surface area contributed by atoms with Gasteiger partial charge in [-0.15, -0.1) is 0 Å². The fourth-order valence-corrected chi connectivity index (χ4v) is 1.86. The monoisotopic (exact) mass is 283 g/mol. The SMILES string of the molecule is COC(=O)c1ccc([C@@H]2CC(Br)=NO2)cc1. The molecule has 0 N–H and O–H groups in total. The maximum atomic E-state index is 11.2. The van der Waals surface area contributed by atoms with E-state index in [4.69, 9.17) is 4.84 Å². The molecular weight excluding hydrogens is 274 g/mol. The maximum Gasteiger partial charge on any atom is 0.337 e. The number of hydrogen-bond acceptors (Lipinski definition) is 4. The third-order valence-corrected chi connectivity index (χ3v) is 2.80. The molecule has 1 atom stereocenters. The minimum absolute atomic E-state index is 0.0685. The van der Waals surface area contributed by atoms with E-state index in [0.717, 1.165) is 16.6 Å². The van der Waals surface area contributed by atoms with Crippen LogP contribution in [0, 0.1) is 0 Å². The minimum Gasteiger partial charge on any atom is -0.465 e. The Bertz CT molecular complexity index is 427. The number of halogens is 1. The summed E-state index contributed by atoms with van der Waals surface area (Å²) in [6.07, 6.45) is 0.651. The van der Waals surface area contributed by atoms with Gasteiger partial charge in [-0.1, -0.05) is 17.3 Å². The predicted molar refractivity (Wildman–Crippen MR) is 62.6 cm³/mol. The number of carbonyl (C=O) groups is 1. The lowest BCUT2D eigenvalue weighted by Crippen LogP contribution is -2.02. The highest BCUT2D eigenvalue weighted by Gasteiger charge is 2.21. The highest BCUT2D eigenvalue weighted by molar-refractivity contribution is 9.18. The number of esters is 1. The first kappa shape index (κ1) is 11.1. The molecule has 0 bridgehead atoms. The summed E-state index contributed by atoms with van der Waals surface area (Å²) in [5, 5.41) is 3.81. The van der Waals surface area contributed by atoms with Gasteiger partial charge >= 0.3 is 5.97 Å². The molecule has 4 nitrogen and oxygen atoms in total. The Labute approximate surface area is 101 Å². The minimum atomic E-state index is -0.337. The van der Waals surface area contributed by atoms with Gasteiger partial charge in [-0.2, -0.15) is 0 Å². The van der Waals surface area contributed by atoms with E-state index in [0.29, 0.717) is 5.56 Å². The predicted octanol–water partition coefficient (Wildman–Crippen LogP) is 2.64. The lowest BCUT2D eigenvalue weighted by Gasteiger charge is -2.08. The van der Waals surface area contributed by atoms with Gasteiger partial charge in [0.2, 0.25) is 0 Å². The standard InChI is InChI=1S/C11H10BrNO3/c1-15-11(14)8-4-2-7(3-5-8)9-6-10(12)13-16-9/h2-5,9H,6H2,1H3/t9-/m0/s1. The quantitative estimate of drug-likeness (QED) is 0.784. The van der Waals surface area contributed by atoms with Gasteiger partial charge in [0.25, 0.3) is 0 Å². The Morgan fingerprint density at radius 2 is 2.19 bits per heavy atom. The van der Waals surface area contributed by atoms with Crippen LogP contribution in [-0.4, -0.2) is 17.7 Å². The number of nitrogens with zero attached hydrogens (tertiary/aromatic N) is 1. The van der Waals surface area contributed by atoms with Crippen molar-refractivity contribution in [3.63, 3.8) is 0 Å². The second-order valence-corrected chi connectivity index (χ2v) is 4.29. The third kappa shape index (κ3) is 2.24. The Morgan fingerprint density at radius 3 is 2.69 bits per heavy atom. The number of methoxy groups -OCH3 is 1. The summed E-state index contributed by atoms with van der Waals surface area (Å²) in [4.78, 5) is 16.4. The van der Waals surface area contributed by atoms with E-state index in [9.17, 15) is 4.79 Å². The van der Waals surface area contributed by atoms with E-state index < -0.39 is 0 Å². The van der Waals surface area contributed by atoms with Gasteiger partial charge in [0.15, 0.2) is 6.10 Å². The molecule has 0 amide bonds. The van der Waals surface area contributed by atoms with Crippen molar-refractivity contribution in [2.75, 3.05) is 7.11 Å². The average Bonchev–Trinajstić information content (AvgIpc) is 2.75. The molecule has 0 spiro atoms. The lowest BCUT2D eigenvalue weighted by molar-refractivity contribution is 0.0600. The van der Waals surface area contributed by atoms with Crippen LogP contribution in [0.1, 0.15) is 28.4 Å². The molecule has 0 saturated heterocycles. The van der Waals surface area contributed by atoms with Gasteiger partial charge in [-0.25, -0.2) is 4.79 Å². The van der Waals surface area contributed by atoms with E-state index >= 15 is 0 Å². The largest absolute Gasteiger partial charge is 0.465 e. The Kier molecular flexibility index (Phi) is 3.24. The van der Waals surface area contributed by atoms with Gasteiger partial charge < -0.3 is 9.57 Å². The topological polar surface area (TPSA) is 47.9 Å². The van der Waals surface area contributed by atoms with Crippen molar-refractivity contribution in [1.82, 2.24) is 0 Å². The molecule has 0 unspecified atom stereocenters. The molecule has 1 aromatic carbocycles. The van der Waals surface area contributed by atoms with Crippen molar-refractivity contribution in [2.24, 2.45) is 5.16 Å². The fourth-order valence-electron chi connectivity index (χ4n) is 1.48. The van der Waals surface area contributed by atoms with E-state index in [1.807, 2.05) is 12.1 Å². The van der Waals surface area contributed by atoms with E-state index in [2.05, 4.69) is 25.8 Å². The third-order valence-electron chi connectivity index (χ3n) is 2.34. The smallest absolute Gasteiger partial charge is 0.337 e. The van der Waals surface area contributed by atoms with Crippen LogP contribution < -0.4 is 0 Å². The van der Waals surface area contributed by atoms with Crippen molar-refractivity contribution in [2.45, 2.75) is 12.5 Å². The zero-order valence-corrected chi connectivity index (χ0v) is 10.2. The van der Waals surface area contributed by atoms with Crippen LogP contribution in [0.4, 0.5) is 0 Å². The average molecular weight is 284 g/mol. The van der Waals surface area contributed by atoms with Crippen molar-refractivity contribution in [1.29, 1.82) is 0 Å². The van der Waals surface area contributed by atoms with Crippen LogP contribution in [0.5, 0.6) is 0 Å². The normalized spacial score (nSPS) is 18.9. The molecule has 0 aromatic heterocycles. The molecule has 0 aliphatic carbocycles. The molecule has 16 heavy (non-hydrogen) atoms. The Balaban J connectivity index is 2.11. The first-order valence-corrected chi connectivity index (χ1v) is 5.56. The van der Waals surface area contributed by atoms with Crippen LogP contribution in [0.25, 0.3) is 0 Å². The zero-order chi connectivity index (χ0) is 11.5. The first-order valence-electron chi connectivity index (χ1n) is 4.77. The van der Waals surface area contributed by atoms with E-state index in [1.165, 1.54) is 7.11 Å². The molecule has 1 aromatic rings. The van der Waals surface area contributed by atoms with Crippen LogP contribution in [-0.2, 0) is 9.57 Å². The van der Waals surface area contributed by atoms with Crippen molar-refractivity contribution < 1.29 is 14.4 Å². The number of benzene rings is 1. The van der Waals surface area contributed by atoms with Crippen molar-refractivity contribution in [3.05, 3.63) is 35.4 Å². The van der Waals surface area contributed by atoms with Gasteiger partial charge in [-0.3, -0.25) is 0 Å². The second kappa shape index (κ2) is 4.65. The van der Waals surface area contributed by atoms with Gasteiger partial charge in [0.1, 0.15) is 4.62 Å². The lowest BCUT2D eigenvalue weighted by atomic mass is 10.1. The molecule has 2 rings (SSSR count).